The number of aromatic hydroxyl groups is 1. The molecular weight excluding hydrogens is 390 g/mol. The fourth-order valence-corrected chi connectivity index (χ4v) is 4.31. The summed E-state index contributed by atoms with van der Waals surface area (Å²) in [7, 11) is 0. The number of fused-ring (bicyclic) bond motifs is 2. The van der Waals surface area contributed by atoms with Crippen LogP contribution >= 0.6 is 0 Å². The van der Waals surface area contributed by atoms with Crippen molar-refractivity contribution in [3.8, 4) is 17.0 Å². The first-order valence-electron chi connectivity index (χ1n) is 10.7. The van der Waals surface area contributed by atoms with Gasteiger partial charge in [-0.3, -0.25) is 0 Å². The Morgan fingerprint density at radius 3 is 2.61 bits per heavy atom. The Labute approximate surface area is 181 Å². The molecule has 1 aromatic carbocycles. The van der Waals surface area contributed by atoms with Crippen LogP contribution in [0.5, 0.6) is 5.75 Å². The summed E-state index contributed by atoms with van der Waals surface area (Å²) >= 11 is 0. The summed E-state index contributed by atoms with van der Waals surface area (Å²) < 4.78 is 5.61. The Morgan fingerprint density at radius 2 is 1.81 bits per heavy atom. The maximum Gasteiger partial charge on any atom is 0.192 e. The van der Waals surface area contributed by atoms with Gasteiger partial charge in [-0.2, -0.15) is 0 Å². The van der Waals surface area contributed by atoms with Gasteiger partial charge in [0.25, 0.3) is 0 Å². The van der Waals surface area contributed by atoms with Gasteiger partial charge in [0.05, 0.1) is 16.7 Å². The maximum atomic E-state index is 10.5. The van der Waals surface area contributed by atoms with E-state index < -0.39 is 0 Å². The predicted octanol–water partition coefficient (Wildman–Crippen LogP) is 4.42. The van der Waals surface area contributed by atoms with Crippen LogP contribution in [0.1, 0.15) is 33.1 Å². The molecule has 0 bridgehead atoms. The Hall–Kier alpha value is -3.19. The van der Waals surface area contributed by atoms with Gasteiger partial charge in [0.15, 0.2) is 11.5 Å². The second-order valence-corrected chi connectivity index (χ2v) is 9.30. The summed E-state index contributed by atoms with van der Waals surface area (Å²) in [4.78, 5) is 16.2. The second kappa shape index (κ2) is 7.20. The summed E-state index contributed by atoms with van der Waals surface area (Å²) in [5.41, 5.74) is 4.29. The van der Waals surface area contributed by atoms with Crippen molar-refractivity contribution in [2.75, 3.05) is 18.0 Å². The number of anilines is 1. The molecule has 0 aliphatic carbocycles. The molecule has 0 unspecified atom stereocenters. The van der Waals surface area contributed by atoms with Crippen LogP contribution in [0.25, 0.3) is 33.4 Å². The molecule has 7 nitrogen and oxygen atoms in total. The molecule has 0 radical (unpaired) electrons. The number of benzene rings is 1. The van der Waals surface area contributed by atoms with E-state index in [2.05, 4.69) is 36.0 Å². The summed E-state index contributed by atoms with van der Waals surface area (Å²) in [6, 6.07) is 11.7. The van der Waals surface area contributed by atoms with E-state index in [0.29, 0.717) is 34.3 Å². The third-order valence-corrected chi connectivity index (χ3v) is 5.57. The number of rotatable bonds is 3. The fraction of sp³-hybridized carbons (Fsp3) is 0.375. The van der Waals surface area contributed by atoms with Gasteiger partial charge in [0.2, 0.25) is 0 Å². The molecule has 0 spiro atoms. The average Bonchev–Trinajstić information content (AvgIpc) is 3.30. The van der Waals surface area contributed by atoms with Gasteiger partial charge in [0.1, 0.15) is 17.1 Å². The highest BCUT2D eigenvalue weighted by molar-refractivity contribution is 5.86. The van der Waals surface area contributed by atoms with Crippen molar-refractivity contribution in [2.24, 2.45) is 0 Å². The van der Waals surface area contributed by atoms with Crippen molar-refractivity contribution in [1.29, 1.82) is 0 Å². The molecule has 1 aliphatic heterocycles. The van der Waals surface area contributed by atoms with Crippen molar-refractivity contribution in [3.63, 3.8) is 0 Å². The highest BCUT2D eigenvalue weighted by Gasteiger charge is 2.26. The highest BCUT2D eigenvalue weighted by Crippen LogP contribution is 2.33. The molecule has 0 saturated carbocycles. The van der Waals surface area contributed by atoms with Crippen molar-refractivity contribution in [2.45, 2.75) is 45.7 Å². The zero-order valence-corrected chi connectivity index (χ0v) is 18.3. The third-order valence-electron chi connectivity index (χ3n) is 5.57. The van der Waals surface area contributed by atoms with E-state index in [1.807, 2.05) is 24.3 Å². The maximum absolute atomic E-state index is 10.5. The van der Waals surface area contributed by atoms with Crippen LogP contribution in [0.3, 0.4) is 0 Å². The number of aromatic nitrogens is 3. The highest BCUT2D eigenvalue weighted by atomic mass is 16.3. The molecule has 1 atom stereocenters. The molecule has 3 aromatic heterocycles. The average molecular weight is 418 g/mol. The van der Waals surface area contributed by atoms with Crippen LogP contribution in [0, 0.1) is 6.92 Å². The van der Waals surface area contributed by atoms with E-state index in [1.54, 1.807) is 19.1 Å². The molecule has 4 aromatic rings. The Bertz CT molecular complexity index is 1270. The summed E-state index contributed by atoms with van der Waals surface area (Å²) in [6.07, 6.45) is 1.11. The number of oxazole rings is 1. The number of aryl methyl sites for hydroxylation is 1. The van der Waals surface area contributed by atoms with Gasteiger partial charge in [-0.05, 0) is 57.5 Å². The predicted molar refractivity (Wildman–Crippen MR) is 122 cm³/mol. The number of pyridine rings is 2. The number of phenols is 1. The zero-order valence-electron chi connectivity index (χ0n) is 18.3. The number of nitrogens with zero attached hydrogens (tertiary/aromatic N) is 4. The molecule has 7 heteroatoms. The fourth-order valence-electron chi connectivity index (χ4n) is 4.31. The number of hydrogen-bond donors (Lipinski definition) is 2. The van der Waals surface area contributed by atoms with Gasteiger partial charge >= 0.3 is 0 Å². The van der Waals surface area contributed by atoms with E-state index >= 15 is 0 Å². The van der Waals surface area contributed by atoms with Crippen molar-refractivity contribution >= 4 is 28.0 Å². The number of phenolic OH excluding ortho intramolecular Hbond substituents is 1. The van der Waals surface area contributed by atoms with Crippen LogP contribution in [0.2, 0.25) is 0 Å². The van der Waals surface area contributed by atoms with E-state index in [-0.39, 0.29) is 11.3 Å². The monoisotopic (exact) mass is 417 g/mol. The van der Waals surface area contributed by atoms with Crippen LogP contribution in [0.15, 0.2) is 40.8 Å². The molecule has 160 valence electrons. The minimum absolute atomic E-state index is 0.108. The number of nitrogens with one attached hydrogen (secondary N) is 1. The molecule has 31 heavy (non-hydrogen) atoms. The van der Waals surface area contributed by atoms with Crippen LogP contribution in [-0.4, -0.2) is 44.7 Å². The molecular formula is C24H27N5O2. The standard InChI is InChI=1S/C24H27N5O2/c1-14-25-20-12-21(30)16(11-22(20)31-14)17-5-6-19-18(26-17)7-8-23(27-19)29-10-9-15(13-29)28-24(2,3)4/h5-8,11-12,15,28,30H,9-10,13H2,1-4H3/t15-/m1/s1. The first kappa shape index (κ1) is 19.8. The molecule has 2 N–H and O–H groups in total. The molecule has 1 aliphatic rings. The SMILES string of the molecule is Cc1nc2cc(O)c(-c3ccc4nc(N5CC[C@@H](NC(C)(C)C)C5)ccc4n3)cc2o1. The lowest BCUT2D eigenvalue weighted by molar-refractivity contribution is 0.373. The van der Waals surface area contributed by atoms with E-state index in [4.69, 9.17) is 14.4 Å². The molecule has 1 saturated heterocycles. The van der Waals surface area contributed by atoms with E-state index in [1.165, 1.54) is 0 Å². The van der Waals surface area contributed by atoms with Crippen molar-refractivity contribution in [1.82, 2.24) is 20.3 Å². The van der Waals surface area contributed by atoms with E-state index in [9.17, 15) is 5.11 Å². The lowest BCUT2D eigenvalue weighted by atomic mass is 10.1. The van der Waals surface area contributed by atoms with Crippen LogP contribution in [-0.2, 0) is 0 Å². The summed E-state index contributed by atoms with van der Waals surface area (Å²) in [6.45, 7) is 10.3. The Kier molecular flexibility index (Phi) is 4.59. The Balaban J connectivity index is 1.43. The molecule has 5 rings (SSSR count). The topological polar surface area (TPSA) is 87.3 Å². The Morgan fingerprint density at radius 1 is 1.03 bits per heavy atom. The minimum atomic E-state index is 0.108. The van der Waals surface area contributed by atoms with Gasteiger partial charge in [-0.15, -0.1) is 0 Å². The van der Waals surface area contributed by atoms with E-state index in [0.717, 1.165) is 36.4 Å². The summed E-state index contributed by atoms with van der Waals surface area (Å²) in [5, 5.41) is 14.2. The summed E-state index contributed by atoms with van der Waals surface area (Å²) in [5.74, 6) is 1.67. The molecule has 0 amide bonds. The number of hydrogen-bond acceptors (Lipinski definition) is 7. The normalized spacial score (nSPS) is 17.2. The second-order valence-electron chi connectivity index (χ2n) is 9.30. The lowest BCUT2D eigenvalue weighted by Gasteiger charge is -2.26. The van der Waals surface area contributed by atoms with Crippen LogP contribution in [0.4, 0.5) is 5.82 Å². The first-order chi connectivity index (χ1) is 14.7. The largest absolute Gasteiger partial charge is 0.507 e. The van der Waals surface area contributed by atoms with Gasteiger partial charge in [-0.25, -0.2) is 15.0 Å². The first-order valence-corrected chi connectivity index (χ1v) is 10.7. The lowest BCUT2D eigenvalue weighted by Crippen LogP contribution is -2.44. The molecule has 1 fully saturated rings. The smallest absolute Gasteiger partial charge is 0.192 e. The van der Waals surface area contributed by atoms with Crippen molar-refractivity contribution in [3.05, 3.63) is 42.3 Å². The van der Waals surface area contributed by atoms with Gasteiger partial charge < -0.3 is 19.7 Å². The van der Waals surface area contributed by atoms with Gasteiger partial charge in [0, 0.05) is 43.2 Å². The minimum Gasteiger partial charge on any atom is -0.507 e. The quantitative estimate of drug-likeness (QED) is 0.510. The third kappa shape index (κ3) is 3.93. The molecule has 4 heterocycles. The van der Waals surface area contributed by atoms with Crippen LogP contribution < -0.4 is 10.2 Å². The van der Waals surface area contributed by atoms with Gasteiger partial charge in [-0.1, -0.05) is 0 Å². The van der Waals surface area contributed by atoms with Crippen molar-refractivity contribution < 1.29 is 9.52 Å². The zero-order chi connectivity index (χ0) is 21.8.